The molecule has 0 N–H and O–H groups in total. The summed E-state index contributed by atoms with van der Waals surface area (Å²) < 4.78 is 16.2. The van der Waals surface area contributed by atoms with Crippen molar-refractivity contribution < 1.29 is 28.7 Å². The van der Waals surface area contributed by atoms with Gasteiger partial charge in [0.25, 0.3) is 0 Å². The monoisotopic (exact) mass is 840 g/mol. The third-order valence-corrected chi connectivity index (χ3v) is 15.1. The minimum absolute atomic E-state index is 0.176. The van der Waals surface area contributed by atoms with E-state index in [4.69, 9.17) is 9.47 Å². The van der Waals surface area contributed by atoms with E-state index in [0.717, 1.165) is 123 Å². The van der Waals surface area contributed by atoms with Gasteiger partial charge in [-0.3, -0.25) is 9.59 Å². The van der Waals surface area contributed by atoms with Crippen LogP contribution in [0, 0.1) is 0 Å². The van der Waals surface area contributed by atoms with E-state index >= 15 is 0 Å². The van der Waals surface area contributed by atoms with Crippen LogP contribution in [0.5, 0.6) is 11.5 Å². The van der Waals surface area contributed by atoms with Crippen LogP contribution in [0.1, 0.15) is 114 Å². The Kier molecular flexibility index (Phi) is 11.5. The third kappa shape index (κ3) is 6.82. The molecule has 9 heteroatoms. The van der Waals surface area contributed by atoms with Gasteiger partial charge in [-0.2, -0.15) is 4.58 Å². The van der Waals surface area contributed by atoms with Gasteiger partial charge < -0.3 is 19.5 Å². The van der Waals surface area contributed by atoms with E-state index in [9.17, 15) is 14.7 Å². The van der Waals surface area contributed by atoms with Gasteiger partial charge in [-0.15, -0.1) is 22.7 Å². The van der Waals surface area contributed by atoms with E-state index in [-0.39, 0.29) is 28.1 Å². The van der Waals surface area contributed by atoms with Crippen LogP contribution in [0.4, 0.5) is 11.4 Å². The molecule has 0 saturated carbocycles. The van der Waals surface area contributed by atoms with E-state index in [1.165, 1.54) is 35.4 Å². The number of unbranched alkanes of at least 4 members (excludes halogenated alkanes) is 6. The number of thiophene rings is 2. The molecule has 0 unspecified atom stereocenters. The van der Waals surface area contributed by atoms with Gasteiger partial charge in [0.2, 0.25) is 5.69 Å². The molecule has 60 heavy (non-hydrogen) atoms. The molecule has 0 radical (unpaired) electrons. The molecule has 0 bridgehead atoms. The number of allylic oxidation sites excluding steroid dienone is 5. The van der Waals surface area contributed by atoms with Gasteiger partial charge in [-0.05, 0) is 74.2 Å². The normalized spacial score (nSPS) is 18.0. The Labute approximate surface area is 362 Å². The van der Waals surface area contributed by atoms with E-state index in [0.29, 0.717) is 4.88 Å². The maximum absolute atomic E-state index is 14.2. The lowest BCUT2D eigenvalue weighted by molar-refractivity contribution is -0.438. The molecular formula is C51H56N2O5S2. The van der Waals surface area contributed by atoms with Crippen molar-refractivity contribution >= 4 is 72.0 Å². The minimum Gasteiger partial charge on any atom is -0.871 e. The predicted molar refractivity (Wildman–Crippen MR) is 247 cm³/mol. The number of anilines is 1. The van der Waals surface area contributed by atoms with Crippen molar-refractivity contribution in [3.8, 4) is 21.9 Å². The molecule has 4 heterocycles. The number of benzene rings is 3. The molecule has 0 spiro atoms. The third-order valence-electron chi connectivity index (χ3n) is 12.9. The molecule has 0 fully saturated rings. The summed E-state index contributed by atoms with van der Waals surface area (Å²) in [6.07, 6.45) is 13.6. The molecule has 8 rings (SSSR count). The Morgan fingerprint density at radius 2 is 1.47 bits per heavy atom. The lowest BCUT2D eigenvalue weighted by atomic mass is 9.77. The van der Waals surface area contributed by atoms with Crippen molar-refractivity contribution in [3.63, 3.8) is 0 Å². The Morgan fingerprint density at radius 1 is 0.783 bits per heavy atom. The quantitative estimate of drug-likeness (QED) is 0.0426. The Hall–Kier alpha value is -4.99. The van der Waals surface area contributed by atoms with Gasteiger partial charge >= 0.3 is 0 Å². The van der Waals surface area contributed by atoms with E-state index in [1.807, 2.05) is 18.2 Å². The van der Waals surface area contributed by atoms with Crippen LogP contribution in [0.25, 0.3) is 30.6 Å². The topological polar surface area (TPSA) is 81.9 Å². The van der Waals surface area contributed by atoms with Gasteiger partial charge in [0.15, 0.2) is 17.8 Å². The summed E-state index contributed by atoms with van der Waals surface area (Å²) in [7, 11) is 3.34. The van der Waals surface area contributed by atoms with Gasteiger partial charge in [-0.1, -0.05) is 83.8 Å². The molecule has 7 nitrogen and oxygen atoms in total. The first-order chi connectivity index (χ1) is 28.9. The van der Waals surface area contributed by atoms with Crippen molar-refractivity contribution in [1.82, 2.24) is 0 Å². The van der Waals surface area contributed by atoms with Gasteiger partial charge in [0, 0.05) is 74.3 Å². The van der Waals surface area contributed by atoms with E-state index in [2.05, 4.69) is 99.5 Å². The highest BCUT2D eigenvalue weighted by Gasteiger charge is 2.46. The molecule has 3 aromatic carbocycles. The smallest absolute Gasteiger partial charge is 0.209 e. The van der Waals surface area contributed by atoms with Crippen LogP contribution < -0.4 is 19.5 Å². The maximum Gasteiger partial charge on any atom is 0.209 e. The second-order valence-corrected chi connectivity index (χ2v) is 19.5. The summed E-state index contributed by atoms with van der Waals surface area (Å²) in [5.41, 5.74) is 7.45. The van der Waals surface area contributed by atoms with Gasteiger partial charge in [-0.25, -0.2) is 0 Å². The zero-order valence-electron chi connectivity index (χ0n) is 36.3. The van der Waals surface area contributed by atoms with E-state index in [1.54, 1.807) is 25.6 Å². The highest BCUT2D eigenvalue weighted by molar-refractivity contribution is 7.24. The average molecular weight is 841 g/mol. The van der Waals surface area contributed by atoms with Crippen LogP contribution in [-0.2, 0) is 15.6 Å². The highest BCUT2D eigenvalue weighted by Crippen LogP contribution is 2.53. The average Bonchev–Trinajstić information content (AvgIpc) is 3.98. The lowest BCUT2D eigenvalue weighted by Crippen LogP contribution is -2.35. The number of Topliss-reactive ketones (excluding diaryl/α,β-unsaturated/α-hetero) is 1. The largest absolute Gasteiger partial charge is 0.871 e. The first-order valence-electron chi connectivity index (χ1n) is 21.5. The Bertz CT molecular complexity index is 2610. The number of carbonyl (C=O) groups is 2. The number of rotatable bonds is 16. The molecular weight excluding hydrogens is 785 g/mol. The van der Waals surface area contributed by atoms with Crippen LogP contribution in [0.3, 0.4) is 0 Å². The number of hydrogen-bond acceptors (Lipinski definition) is 8. The molecule has 1 aliphatic carbocycles. The van der Waals surface area contributed by atoms with Crippen LogP contribution in [-0.4, -0.2) is 49.7 Å². The van der Waals surface area contributed by atoms with Crippen molar-refractivity contribution in [3.05, 3.63) is 105 Å². The molecule has 312 valence electrons. The molecule has 0 saturated heterocycles. The van der Waals surface area contributed by atoms with Crippen LogP contribution in [0.15, 0.2) is 89.4 Å². The SMILES string of the molecule is CCCCCCN1/C(=C\C2=C([O-])C(=C/C3=[N+](CCCCCC)c4ccc(-c5cc6c(OC)c7sc(C=O)cc7c(OC)c6s5)cc4C3(C)C)/C2=O)C(C)(C)c2ccccc21. The number of hydrogen-bond donors (Lipinski definition) is 0. The number of nitrogens with zero attached hydrogens (tertiary/aromatic N) is 2. The minimum atomic E-state index is -0.484. The molecule has 5 aromatic rings. The number of methoxy groups -OCH3 is 2. The number of ether oxygens (including phenoxy) is 2. The zero-order valence-corrected chi connectivity index (χ0v) is 37.9. The maximum atomic E-state index is 14.2. The van der Waals surface area contributed by atoms with Crippen LogP contribution in [0.2, 0.25) is 0 Å². The molecule has 2 aromatic heterocycles. The summed E-state index contributed by atoms with van der Waals surface area (Å²) in [5, 5.41) is 16.0. The lowest BCUT2D eigenvalue weighted by Gasteiger charge is -2.33. The summed E-state index contributed by atoms with van der Waals surface area (Å²) in [6, 6.07) is 19.2. The van der Waals surface area contributed by atoms with Gasteiger partial charge in [0.1, 0.15) is 18.0 Å². The van der Waals surface area contributed by atoms with Crippen molar-refractivity contribution in [2.24, 2.45) is 0 Å². The second-order valence-electron chi connectivity index (χ2n) is 17.4. The summed E-state index contributed by atoms with van der Waals surface area (Å²) in [4.78, 5) is 30.0. The molecule has 0 atom stereocenters. The van der Waals surface area contributed by atoms with E-state index < -0.39 is 5.41 Å². The predicted octanol–water partition coefficient (Wildman–Crippen LogP) is 12.0. The summed E-state index contributed by atoms with van der Waals surface area (Å²) >= 11 is 3.05. The number of carbonyl (C=O) groups excluding carboxylic acids is 2. The number of fused-ring (bicyclic) bond motifs is 4. The second kappa shape index (κ2) is 16.5. The van der Waals surface area contributed by atoms with Gasteiger partial charge in [0.05, 0.1) is 33.9 Å². The van der Waals surface area contributed by atoms with Crippen molar-refractivity contribution in [2.45, 2.75) is 104 Å². The fourth-order valence-corrected chi connectivity index (χ4v) is 11.8. The number of para-hydroxylation sites is 1. The first kappa shape index (κ1) is 41.7. The van der Waals surface area contributed by atoms with Crippen LogP contribution >= 0.6 is 22.7 Å². The van der Waals surface area contributed by atoms with Crippen molar-refractivity contribution in [2.75, 3.05) is 32.2 Å². The zero-order chi connectivity index (χ0) is 42.5. The highest BCUT2D eigenvalue weighted by atomic mass is 32.1. The molecule has 2 aliphatic heterocycles. The number of aldehydes is 1. The molecule has 0 amide bonds. The fourth-order valence-electron chi connectivity index (χ4n) is 9.56. The fraction of sp³-hybridized carbons (Fsp3) is 0.392. The summed E-state index contributed by atoms with van der Waals surface area (Å²) in [5.74, 6) is 1.13. The van der Waals surface area contributed by atoms with Crippen molar-refractivity contribution in [1.29, 1.82) is 0 Å². The Morgan fingerprint density at radius 3 is 2.15 bits per heavy atom. The Balaban J connectivity index is 1.18. The summed E-state index contributed by atoms with van der Waals surface area (Å²) in [6.45, 7) is 14.9. The molecule has 3 aliphatic rings. The number of ketones is 1. The first-order valence-corrected chi connectivity index (χ1v) is 23.2. The standard InChI is InChI=1S/C51H56N2O5S2/c1-9-11-13-17-23-52-39-20-16-15-19-37(39)50(3,4)42(52)28-33-44(55)34(45(33)56)29-43-51(5,6)38-25-31(21-22-40(38)53(43)24-18-14-12-10-2)41-27-36-47(58-8)48-35(26-32(30-54)59-48)46(57-7)49(36)60-41/h15-16,19-22,25-30H,9-14,17-18,23-24H2,1-8H3.